The summed E-state index contributed by atoms with van der Waals surface area (Å²) in [5.41, 5.74) is 1.02. The molecule has 0 heterocycles. The summed E-state index contributed by atoms with van der Waals surface area (Å²) >= 11 is 5.88. The summed E-state index contributed by atoms with van der Waals surface area (Å²) in [6, 6.07) is 9.02. The average Bonchev–Trinajstić information content (AvgIpc) is 2.40. The lowest BCUT2D eigenvalue weighted by Gasteiger charge is -2.10. The number of hydrogen-bond acceptors (Lipinski definition) is 2. The van der Waals surface area contributed by atoms with Crippen molar-refractivity contribution in [3.63, 3.8) is 0 Å². The van der Waals surface area contributed by atoms with Crippen LogP contribution in [0.15, 0.2) is 36.4 Å². The van der Waals surface area contributed by atoms with Gasteiger partial charge in [-0.2, -0.15) is 0 Å². The minimum Gasteiger partial charge on any atom is -0.486 e. The van der Waals surface area contributed by atoms with Gasteiger partial charge in [-0.15, -0.1) is 0 Å². The average molecular weight is 298 g/mol. The topological polar surface area (TPSA) is 21.3 Å². The Morgan fingerprint density at radius 3 is 2.60 bits per heavy atom. The van der Waals surface area contributed by atoms with E-state index in [-0.39, 0.29) is 22.9 Å². The third-order valence-electron chi connectivity index (χ3n) is 2.81. The second kappa shape index (κ2) is 6.68. The first-order chi connectivity index (χ1) is 9.61. The van der Waals surface area contributed by atoms with Gasteiger partial charge in [-0.3, -0.25) is 0 Å². The molecule has 0 atom stereocenters. The molecule has 0 unspecified atom stereocenters. The van der Waals surface area contributed by atoms with E-state index < -0.39 is 11.6 Å². The number of rotatable bonds is 5. The fourth-order valence-corrected chi connectivity index (χ4v) is 2.01. The maximum Gasteiger partial charge on any atom is 0.165 e. The highest BCUT2D eigenvalue weighted by atomic mass is 35.5. The minimum absolute atomic E-state index is 0.0733. The molecule has 5 heteroatoms. The molecule has 0 aliphatic heterocycles. The normalized spacial score (nSPS) is 10.6. The lowest BCUT2D eigenvalue weighted by atomic mass is 10.2. The molecule has 0 radical (unpaired) electrons. The highest BCUT2D eigenvalue weighted by Crippen LogP contribution is 2.23. The van der Waals surface area contributed by atoms with E-state index in [2.05, 4.69) is 5.32 Å². The van der Waals surface area contributed by atoms with E-state index in [0.29, 0.717) is 6.54 Å². The minimum atomic E-state index is -0.481. The smallest absolute Gasteiger partial charge is 0.165 e. The van der Waals surface area contributed by atoms with Crippen LogP contribution in [0, 0.1) is 11.6 Å². The van der Waals surface area contributed by atoms with Gasteiger partial charge in [-0.25, -0.2) is 8.78 Å². The van der Waals surface area contributed by atoms with Gasteiger partial charge >= 0.3 is 0 Å². The van der Waals surface area contributed by atoms with Crippen molar-refractivity contribution in [1.82, 2.24) is 5.32 Å². The van der Waals surface area contributed by atoms with Crippen LogP contribution in [0.3, 0.4) is 0 Å². The summed E-state index contributed by atoms with van der Waals surface area (Å²) < 4.78 is 32.6. The molecule has 0 aromatic heterocycles. The molecule has 0 fully saturated rings. The van der Waals surface area contributed by atoms with Gasteiger partial charge in [-0.1, -0.05) is 23.7 Å². The Morgan fingerprint density at radius 2 is 1.95 bits per heavy atom. The number of halogens is 3. The van der Waals surface area contributed by atoms with Gasteiger partial charge in [0, 0.05) is 12.1 Å². The van der Waals surface area contributed by atoms with Crippen LogP contribution in [0.1, 0.15) is 11.1 Å². The van der Waals surface area contributed by atoms with Crippen molar-refractivity contribution >= 4 is 11.6 Å². The van der Waals surface area contributed by atoms with Crippen molar-refractivity contribution in [2.75, 3.05) is 7.05 Å². The highest BCUT2D eigenvalue weighted by Gasteiger charge is 2.10. The summed E-state index contributed by atoms with van der Waals surface area (Å²) in [6.07, 6.45) is 0. The van der Waals surface area contributed by atoms with Crippen molar-refractivity contribution in [2.45, 2.75) is 13.2 Å². The predicted molar refractivity (Wildman–Crippen MR) is 74.9 cm³/mol. The van der Waals surface area contributed by atoms with Crippen molar-refractivity contribution in [1.29, 1.82) is 0 Å². The predicted octanol–water partition coefficient (Wildman–Crippen LogP) is 3.92. The molecule has 0 bridgehead atoms. The van der Waals surface area contributed by atoms with Gasteiger partial charge in [-0.05, 0) is 36.9 Å². The number of ether oxygens (including phenoxy) is 1. The molecule has 0 aliphatic rings. The van der Waals surface area contributed by atoms with Crippen LogP contribution < -0.4 is 10.1 Å². The molecule has 2 aromatic carbocycles. The molecule has 0 aliphatic carbocycles. The van der Waals surface area contributed by atoms with E-state index in [1.165, 1.54) is 24.3 Å². The fourth-order valence-electron chi connectivity index (χ4n) is 1.80. The molecule has 2 rings (SSSR count). The fraction of sp³-hybridized carbons (Fsp3) is 0.200. The summed E-state index contributed by atoms with van der Waals surface area (Å²) in [6.45, 7) is 0.449. The Kier molecular flexibility index (Phi) is 4.93. The monoisotopic (exact) mass is 297 g/mol. The van der Waals surface area contributed by atoms with E-state index in [1.807, 2.05) is 0 Å². The van der Waals surface area contributed by atoms with E-state index in [0.717, 1.165) is 5.56 Å². The van der Waals surface area contributed by atoms with Gasteiger partial charge in [0.2, 0.25) is 0 Å². The molecule has 0 saturated heterocycles. The van der Waals surface area contributed by atoms with E-state index in [4.69, 9.17) is 16.3 Å². The second-order valence-electron chi connectivity index (χ2n) is 4.28. The van der Waals surface area contributed by atoms with Gasteiger partial charge in [0.05, 0.1) is 5.02 Å². The Balaban J connectivity index is 2.11. The summed E-state index contributed by atoms with van der Waals surface area (Å²) in [7, 11) is 1.78. The molecule has 2 nitrogen and oxygen atoms in total. The number of benzene rings is 2. The Labute approximate surface area is 121 Å². The molecule has 106 valence electrons. The van der Waals surface area contributed by atoms with E-state index >= 15 is 0 Å². The van der Waals surface area contributed by atoms with Crippen LogP contribution in [-0.2, 0) is 13.2 Å². The molecular formula is C15H14ClF2NO. The van der Waals surface area contributed by atoms with Crippen LogP contribution >= 0.6 is 11.6 Å². The summed E-state index contributed by atoms with van der Waals surface area (Å²) in [5, 5.41) is 3.19. The Hall–Kier alpha value is -1.65. The van der Waals surface area contributed by atoms with Gasteiger partial charge in [0.25, 0.3) is 0 Å². The first-order valence-corrected chi connectivity index (χ1v) is 6.48. The lowest BCUT2D eigenvalue weighted by molar-refractivity contribution is 0.284. The number of nitrogens with one attached hydrogen (secondary N) is 1. The van der Waals surface area contributed by atoms with Crippen LogP contribution in [-0.4, -0.2) is 7.05 Å². The summed E-state index contributed by atoms with van der Waals surface area (Å²) in [5.74, 6) is -0.876. The van der Waals surface area contributed by atoms with Gasteiger partial charge in [0.15, 0.2) is 11.6 Å². The largest absolute Gasteiger partial charge is 0.486 e. The zero-order valence-corrected chi connectivity index (χ0v) is 11.7. The molecule has 0 saturated carbocycles. The van der Waals surface area contributed by atoms with Gasteiger partial charge < -0.3 is 10.1 Å². The zero-order chi connectivity index (χ0) is 14.5. The van der Waals surface area contributed by atoms with Crippen LogP contribution in [0.25, 0.3) is 0 Å². The second-order valence-corrected chi connectivity index (χ2v) is 4.69. The maximum atomic E-state index is 13.8. The molecule has 20 heavy (non-hydrogen) atoms. The van der Waals surface area contributed by atoms with E-state index in [1.54, 1.807) is 19.2 Å². The first kappa shape index (κ1) is 14.8. The Bertz CT molecular complexity index is 584. The van der Waals surface area contributed by atoms with Crippen molar-refractivity contribution in [3.05, 3.63) is 64.2 Å². The van der Waals surface area contributed by atoms with Crippen LogP contribution in [0.4, 0.5) is 8.78 Å². The van der Waals surface area contributed by atoms with Crippen molar-refractivity contribution in [3.8, 4) is 5.75 Å². The van der Waals surface area contributed by atoms with Crippen molar-refractivity contribution < 1.29 is 13.5 Å². The quantitative estimate of drug-likeness (QED) is 0.903. The standard InChI is InChI=1S/C15H14ClF2NO/c1-19-8-10-5-6-15(14(18)7-10)20-9-11-12(16)3-2-4-13(11)17/h2-7,19H,8-9H2,1H3. The van der Waals surface area contributed by atoms with Crippen LogP contribution in [0.5, 0.6) is 5.75 Å². The van der Waals surface area contributed by atoms with Gasteiger partial charge in [0.1, 0.15) is 12.4 Å². The maximum absolute atomic E-state index is 13.8. The van der Waals surface area contributed by atoms with Crippen molar-refractivity contribution in [2.24, 2.45) is 0 Å². The lowest BCUT2D eigenvalue weighted by Crippen LogP contribution is -2.06. The Morgan fingerprint density at radius 1 is 1.15 bits per heavy atom. The molecule has 1 N–H and O–H groups in total. The molecule has 0 amide bonds. The zero-order valence-electron chi connectivity index (χ0n) is 10.9. The SMILES string of the molecule is CNCc1ccc(OCc2c(F)cccc2Cl)c(F)c1. The van der Waals surface area contributed by atoms with E-state index in [9.17, 15) is 8.78 Å². The van der Waals surface area contributed by atoms with Crippen LogP contribution in [0.2, 0.25) is 5.02 Å². The molecule has 2 aromatic rings. The number of hydrogen-bond donors (Lipinski definition) is 1. The third kappa shape index (κ3) is 3.46. The first-order valence-electron chi connectivity index (χ1n) is 6.10. The third-order valence-corrected chi connectivity index (χ3v) is 3.16. The molecule has 0 spiro atoms. The highest BCUT2D eigenvalue weighted by molar-refractivity contribution is 6.31. The molecular weight excluding hydrogens is 284 g/mol. The summed E-state index contributed by atoms with van der Waals surface area (Å²) in [4.78, 5) is 0.